The first-order chi connectivity index (χ1) is 11.9. The average Bonchev–Trinajstić information content (AvgIpc) is 3.01. The molecule has 0 radical (unpaired) electrons. The highest BCUT2D eigenvalue weighted by molar-refractivity contribution is 14.1. The Labute approximate surface area is 158 Å². The van der Waals surface area contributed by atoms with Crippen LogP contribution in [0.15, 0.2) is 30.5 Å². The van der Waals surface area contributed by atoms with Crippen molar-refractivity contribution in [3.05, 3.63) is 62.5 Å². The standard InChI is InChI=1S/C17H17FIN5O/c1-10-15(21-17(25)16-14(19)8-20-23(16)3)11(2)24(22-10)9-12-5-4-6-13(18)7-12/h4-8H,9H2,1-3H3,(H,21,25). The van der Waals surface area contributed by atoms with Crippen LogP contribution in [0.5, 0.6) is 0 Å². The van der Waals surface area contributed by atoms with Gasteiger partial charge < -0.3 is 5.32 Å². The second kappa shape index (κ2) is 6.95. The van der Waals surface area contributed by atoms with Crippen LogP contribution in [0.1, 0.15) is 27.4 Å². The summed E-state index contributed by atoms with van der Waals surface area (Å²) in [7, 11) is 1.73. The first-order valence-corrected chi connectivity index (χ1v) is 8.72. The molecule has 1 N–H and O–H groups in total. The number of hydrogen-bond acceptors (Lipinski definition) is 3. The van der Waals surface area contributed by atoms with Gasteiger partial charge in [-0.1, -0.05) is 12.1 Å². The number of nitrogens with zero attached hydrogens (tertiary/aromatic N) is 4. The Hall–Kier alpha value is -2.23. The monoisotopic (exact) mass is 453 g/mol. The molecule has 0 saturated heterocycles. The molecule has 2 aromatic heterocycles. The zero-order valence-corrected chi connectivity index (χ0v) is 16.2. The Morgan fingerprint density at radius 2 is 2.12 bits per heavy atom. The molecule has 0 aliphatic carbocycles. The van der Waals surface area contributed by atoms with Gasteiger partial charge >= 0.3 is 0 Å². The number of carbonyl (C=O) groups is 1. The lowest BCUT2D eigenvalue weighted by molar-refractivity contribution is 0.101. The zero-order chi connectivity index (χ0) is 18.1. The summed E-state index contributed by atoms with van der Waals surface area (Å²) in [6, 6.07) is 6.40. The van der Waals surface area contributed by atoms with Crippen molar-refractivity contribution in [2.24, 2.45) is 7.05 Å². The van der Waals surface area contributed by atoms with Gasteiger partial charge in [-0.15, -0.1) is 0 Å². The summed E-state index contributed by atoms with van der Waals surface area (Å²) in [6.07, 6.45) is 1.64. The van der Waals surface area contributed by atoms with Crippen LogP contribution in [-0.2, 0) is 13.6 Å². The third-order valence-electron chi connectivity index (χ3n) is 3.95. The summed E-state index contributed by atoms with van der Waals surface area (Å²) < 4.78 is 17.4. The van der Waals surface area contributed by atoms with E-state index in [0.717, 1.165) is 14.8 Å². The van der Waals surface area contributed by atoms with Gasteiger partial charge in [0.15, 0.2) is 0 Å². The predicted octanol–water partition coefficient (Wildman–Crippen LogP) is 3.28. The third-order valence-corrected chi connectivity index (χ3v) is 4.74. The molecule has 130 valence electrons. The van der Waals surface area contributed by atoms with Gasteiger partial charge in [-0.3, -0.25) is 14.2 Å². The molecule has 0 spiro atoms. The van der Waals surface area contributed by atoms with Crippen LogP contribution in [0.25, 0.3) is 0 Å². The number of rotatable bonds is 4. The van der Waals surface area contributed by atoms with Crippen molar-refractivity contribution < 1.29 is 9.18 Å². The SMILES string of the molecule is Cc1nn(Cc2cccc(F)c2)c(C)c1NC(=O)c1c(I)cnn1C. The van der Waals surface area contributed by atoms with E-state index in [0.29, 0.717) is 23.6 Å². The van der Waals surface area contributed by atoms with Crippen LogP contribution >= 0.6 is 22.6 Å². The lowest BCUT2D eigenvalue weighted by Crippen LogP contribution is -2.18. The number of nitrogens with one attached hydrogen (secondary N) is 1. The van der Waals surface area contributed by atoms with Crippen molar-refractivity contribution in [1.29, 1.82) is 0 Å². The minimum Gasteiger partial charge on any atom is -0.317 e. The van der Waals surface area contributed by atoms with Crippen LogP contribution in [0.4, 0.5) is 10.1 Å². The first kappa shape index (κ1) is 17.6. The number of halogens is 2. The summed E-state index contributed by atoms with van der Waals surface area (Å²) in [5.41, 5.74) is 3.49. The molecule has 3 aromatic rings. The molecule has 6 nitrogen and oxygen atoms in total. The molecule has 0 unspecified atom stereocenters. The normalized spacial score (nSPS) is 10.9. The van der Waals surface area contributed by atoms with Gasteiger partial charge in [-0.25, -0.2) is 4.39 Å². The summed E-state index contributed by atoms with van der Waals surface area (Å²) in [4.78, 5) is 12.6. The first-order valence-electron chi connectivity index (χ1n) is 7.64. The molecule has 0 aliphatic rings. The maximum atomic E-state index is 13.4. The highest BCUT2D eigenvalue weighted by Crippen LogP contribution is 2.22. The summed E-state index contributed by atoms with van der Waals surface area (Å²) >= 11 is 2.08. The second-order valence-electron chi connectivity index (χ2n) is 5.75. The predicted molar refractivity (Wildman–Crippen MR) is 101 cm³/mol. The van der Waals surface area contributed by atoms with E-state index in [4.69, 9.17) is 0 Å². The Morgan fingerprint density at radius 1 is 1.36 bits per heavy atom. The van der Waals surface area contributed by atoms with E-state index >= 15 is 0 Å². The van der Waals surface area contributed by atoms with Gasteiger partial charge in [0.25, 0.3) is 5.91 Å². The molecule has 0 bridgehead atoms. The van der Waals surface area contributed by atoms with Crippen molar-refractivity contribution in [3.63, 3.8) is 0 Å². The summed E-state index contributed by atoms with van der Waals surface area (Å²) in [6.45, 7) is 4.14. The summed E-state index contributed by atoms with van der Waals surface area (Å²) in [5, 5.41) is 11.5. The van der Waals surface area contributed by atoms with E-state index < -0.39 is 0 Å². The Bertz CT molecular complexity index is 927. The number of amides is 1. The number of aryl methyl sites for hydroxylation is 2. The third kappa shape index (κ3) is 3.58. The van der Waals surface area contributed by atoms with Crippen molar-refractivity contribution >= 4 is 34.2 Å². The van der Waals surface area contributed by atoms with Gasteiger partial charge in [0.05, 0.1) is 33.4 Å². The van der Waals surface area contributed by atoms with Gasteiger partial charge in [0, 0.05) is 7.05 Å². The van der Waals surface area contributed by atoms with E-state index in [2.05, 4.69) is 38.1 Å². The Kier molecular flexibility index (Phi) is 4.89. The molecule has 3 rings (SSSR count). The second-order valence-corrected chi connectivity index (χ2v) is 6.91. The molecule has 0 atom stereocenters. The van der Waals surface area contributed by atoms with Gasteiger partial charge in [-0.05, 0) is 54.1 Å². The number of carbonyl (C=O) groups excluding carboxylic acids is 1. The fourth-order valence-corrected chi connectivity index (χ4v) is 3.40. The fourth-order valence-electron chi connectivity index (χ4n) is 2.68. The molecule has 8 heteroatoms. The Balaban J connectivity index is 1.86. The lowest BCUT2D eigenvalue weighted by Gasteiger charge is -2.08. The number of benzene rings is 1. The van der Waals surface area contributed by atoms with Crippen molar-refractivity contribution in [1.82, 2.24) is 19.6 Å². The quantitative estimate of drug-likeness (QED) is 0.617. The molecule has 0 fully saturated rings. The molecule has 1 aromatic carbocycles. The van der Waals surface area contributed by atoms with Gasteiger partial charge in [-0.2, -0.15) is 10.2 Å². The minimum atomic E-state index is -0.279. The zero-order valence-electron chi connectivity index (χ0n) is 14.0. The van der Waals surface area contributed by atoms with E-state index in [-0.39, 0.29) is 11.7 Å². The Morgan fingerprint density at radius 3 is 2.76 bits per heavy atom. The van der Waals surface area contributed by atoms with Crippen molar-refractivity contribution in [2.75, 3.05) is 5.32 Å². The maximum Gasteiger partial charge on any atom is 0.275 e. The average molecular weight is 453 g/mol. The summed E-state index contributed by atoms with van der Waals surface area (Å²) in [5.74, 6) is -0.515. The lowest BCUT2D eigenvalue weighted by atomic mass is 10.2. The topological polar surface area (TPSA) is 64.7 Å². The highest BCUT2D eigenvalue weighted by Gasteiger charge is 2.19. The van der Waals surface area contributed by atoms with Gasteiger partial charge in [0.1, 0.15) is 11.5 Å². The van der Waals surface area contributed by atoms with Crippen LogP contribution in [0.2, 0.25) is 0 Å². The molecular weight excluding hydrogens is 436 g/mol. The van der Waals surface area contributed by atoms with Crippen molar-refractivity contribution in [3.8, 4) is 0 Å². The molecule has 2 heterocycles. The molecule has 0 aliphatic heterocycles. The van der Waals surface area contributed by atoms with Crippen LogP contribution in [0.3, 0.4) is 0 Å². The molecule has 1 amide bonds. The van der Waals surface area contributed by atoms with Crippen molar-refractivity contribution in [2.45, 2.75) is 20.4 Å². The fraction of sp³-hybridized carbons (Fsp3) is 0.235. The van der Waals surface area contributed by atoms with Crippen LogP contribution in [0, 0.1) is 23.2 Å². The smallest absolute Gasteiger partial charge is 0.275 e. The number of hydrogen-bond donors (Lipinski definition) is 1. The van der Waals surface area contributed by atoms with Gasteiger partial charge in [0.2, 0.25) is 0 Å². The number of aromatic nitrogens is 4. The molecule has 0 saturated carbocycles. The van der Waals surface area contributed by atoms with E-state index in [1.807, 2.05) is 19.9 Å². The van der Waals surface area contributed by atoms with E-state index in [1.165, 1.54) is 12.1 Å². The van der Waals surface area contributed by atoms with E-state index in [9.17, 15) is 9.18 Å². The largest absolute Gasteiger partial charge is 0.317 e. The minimum absolute atomic E-state index is 0.235. The van der Waals surface area contributed by atoms with Crippen LogP contribution in [-0.4, -0.2) is 25.5 Å². The number of anilines is 1. The maximum absolute atomic E-state index is 13.4. The molecular formula is C17H17FIN5O. The highest BCUT2D eigenvalue weighted by atomic mass is 127. The van der Waals surface area contributed by atoms with E-state index in [1.54, 1.807) is 28.7 Å². The van der Waals surface area contributed by atoms with Crippen LogP contribution < -0.4 is 5.32 Å². The molecule has 25 heavy (non-hydrogen) atoms.